The van der Waals surface area contributed by atoms with E-state index in [2.05, 4.69) is 15.3 Å². The van der Waals surface area contributed by atoms with E-state index < -0.39 is 0 Å². The number of nitrogens with zero attached hydrogens (tertiary/aromatic N) is 1. The van der Waals surface area contributed by atoms with E-state index in [1.807, 2.05) is 17.5 Å². The van der Waals surface area contributed by atoms with Crippen LogP contribution in [0.25, 0.3) is 9.40 Å². The fourth-order valence-electron chi connectivity index (χ4n) is 1.70. The molecule has 0 aliphatic rings. The Morgan fingerprint density at radius 2 is 2.39 bits per heavy atom. The topological polar surface area (TPSA) is 57.8 Å². The predicted molar refractivity (Wildman–Crippen MR) is 74.3 cm³/mol. The predicted octanol–water partition coefficient (Wildman–Crippen LogP) is 2.66. The number of carbonyl (C=O) groups excluding carboxylic acids is 1. The maximum absolute atomic E-state index is 11.9. The summed E-state index contributed by atoms with van der Waals surface area (Å²) in [5.74, 6) is 0.00270. The summed E-state index contributed by atoms with van der Waals surface area (Å²) in [6.07, 6.45) is 4.18. The normalized spacial score (nSPS) is 10.9. The molecule has 3 rings (SSSR count). The highest BCUT2D eigenvalue weighted by atomic mass is 32.1. The molecular weight excluding hydrogens is 266 g/mol. The second-order valence-corrected chi connectivity index (χ2v) is 5.87. The second kappa shape index (κ2) is 4.91. The molecule has 0 bridgehead atoms. The molecule has 0 fully saturated rings. The SMILES string of the molecule is O=C(NCCc1cnc[nH]1)c1cc2sccc2s1. The number of hydrogen-bond donors (Lipinski definition) is 2. The number of thiophene rings is 2. The van der Waals surface area contributed by atoms with Gasteiger partial charge in [0.2, 0.25) is 0 Å². The monoisotopic (exact) mass is 277 g/mol. The van der Waals surface area contributed by atoms with E-state index in [-0.39, 0.29) is 5.91 Å². The van der Waals surface area contributed by atoms with Crippen molar-refractivity contribution >= 4 is 38.0 Å². The second-order valence-electron chi connectivity index (χ2n) is 3.84. The van der Waals surface area contributed by atoms with E-state index >= 15 is 0 Å². The van der Waals surface area contributed by atoms with Crippen molar-refractivity contribution in [2.75, 3.05) is 6.54 Å². The van der Waals surface area contributed by atoms with E-state index in [1.165, 1.54) is 20.7 Å². The Morgan fingerprint density at radius 1 is 1.44 bits per heavy atom. The van der Waals surface area contributed by atoms with Gasteiger partial charge in [0.1, 0.15) is 0 Å². The summed E-state index contributed by atoms with van der Waals surface area (Å²) in [5, 5.41) is 4.96. The molecule has 0 aromatic carbocycles. The Balaban J connectivity index is 1.59. The van der Waals surface area contributed by atoms with Crippen molar-refractivity contribution in [3.8, 4) is 0 Å². The lowest BCUT2D eigenvalue weighted by molar-refractivity contribution is 0.0958. The van der Waals surface area contributed by atoms with Gasteiger partial charge in [0.05, 0.1) is 11.2 Å². The number of imidazole rings is 1. The van der Waals surface area contributed by atoms with E-state index in [1.54, 1.807) is 23.9 Å². The smallest absolute Gasteiger partial charge is 0.261 e. The van der Waals surface area contributed by atoms with Gasteiger partial charge in [0.15, 0.2) is 0 Å². The molecule has 92 valence electrons. The van der Waals surface area contributed by atoms with Gasteiger partial charge in [-0.3, -0.25) is 4.79 Å². The molecule has 0 aliphatic carbocycles. The first-order valence-corrected chi connectivity index (χ1v) is 7.25. The zero-order valence-electron chi connectivity index (χ0n) is 9.47. The van der Waals surface area contributed by atoms with Crippen molar-refractivity contribution in [1.29, 1.82) is 0 Å². The fraction of sp³-hybridized carbons (Fsp3) is 0.167. The number of aromatic amines is 1. The number of rotatable bonds is 4. The Labute approximate surface area is 112 Å². The molecule has 3 aromatic rings. The minimum atomic E-state index is 0.00270. The third kappa shape index (κ3) is 2.30. The number of aromatic nitrogens is 2. The number of amides is 1. The highest BCUT2D eigenvalue weighted by Gasteiger charge is 2.10. The highest BCUT2D eigenvalue weighted by molar-refractivity contribution is 7.27. The van der Waals surface area contributed by atoms with Crippen LogP contribution < -0.4 is 5.32 Å². The lowest BCUT2D eigenvalue weighted by atomic mass is 10.3. The van der Waals surface area contributed by atoms with Gasteiger partial charge in [-0.25, -0.2) is 4.98 Å². The quantitative estimate of drug-likeness (QED) is 0.770. The number of H-pyrrole nitrogens is 1. The summed E-state index contributed by atoms with van der Waals surface area (Å²) in [5.41, 5.74) is 1.03. The largest absolute Gasteiger partial charge is 0.351 e. The summed E-state index contributed by atoms with van der Waals surface area (Å²) in [6.45, 7) is 0.618. The van der Waals surface area contributed by atoms with Gasteiger partial charge in [0, 0.05) is 34.3 Å². The molecule has 0 atom stereocenters. The third-order valence-electron chi connectivity index (χ3n) is 2.60. The van der Waals surface area contributed by atoms with Crippen molar-refractivity contribution in [1.82, 2.24) is 15.3 Å². The molecule has 4 nitrogen and oxygen atoms in total. The van der Waals surface area contributed by atoms with Gasteiger partial charge in [-0.15, -0.1) is 22.7 Å². The van der Waals surface area contributed by atoms with Crippen LogP contribution in [0.1, 0.15) is 15.4 Å². The van der Waals surface area contributed by atoms with Crippen molar-refractivity contribution in [3.63, 3.8) is 0 Å². The maximum atomic E-state index is 11.9. The summed E-state index contributed by atoms with van der Waals surface area (Å²) < 4.78 is 2.36. The lowest BCUT2D eigenvalue weighted by Gasteiger charge is -2.01. The average molecular weight is 277 g/mol. The van der Waals surface area contributed by atoms with Crippen molar-refractivity contribution < 1.29 is 4.79 Å². The molecule has 3 heterocycles. The van der Waals surface area contributed by atoms with Gasteiger partial charge in [-0.2, -0.15) is 0 Å². The Hall–Kier alpha value is -1.66. The molecule has 0 spiro atoms. The molecule has 2 N–H and O–H groups in total. The minimum absolute atomic E-state index is 0.00270. The molecular formula is C12H11N3OS2. The van der Waals surface area contributed by atoms with Gasteiger partial charge >= 0.3 is 0 Å². The lowest BCUT2D eigenvalue weighted by Crippen LogP contribution is -2.24. The molecule has 1 amide bonds. The van der Waals surface area contributed by atoms with E-state index in [0.29, 0.717) is 6.54 Å². The van der Waals surface area contributed by atoms with Crippen LogP contribution >= 0.6 is 22.7 Å². The van der Waals surface area contributed by atoms with Crippen molar-refractivity contribution in [3.05, 3.63) is 40.6 Å². The van der Waals surface area contributed by atoms with Crippen LogP contribution in [-0.4, -0.2) is 22.4 Å². The molecule has 18 heavy (non-hydrogen) atoms. The van der Waals surface area contributed by atoms with Crippen LogP contribution in [0.4, 0.5) is 0 Å². The van der Waals surface area contributed by atoms with Crippen molar-refractivity contribution in [2.45, 2.75) is 6.42 Å². The molecule has 6 heteroatoms. The Bertz CT molecular complexity index is 625. The van der Waals surface area contributed by atoms with Crippen molar-refractivity contribution in [2.24, 2.45) is 0 Å². The molecule has 3 aromatic heterocycles. The number of carbonyl (C=O) groups is 1. The van der Waals surface area contributed by atoms with E-state index in [4.69, 9.17) is 0 Å². The Kier molecular flexibility index (Phi) is 3.12. The summed E-state index contributed by atoms with van der Waals surface area (Å²) in [7, 11) is 0. The Morgan fingerprint density at radius 3 is 3.17 bits per heavy atom. The highest BCUT2D eigenvalue weighted by Crippen LogP contribution is 2.29. The number of nitrogens with one attached hydrogen (secondary N) is 2. The maximum Gasteiger partial charge on any atom is 0.261 e. The zero-order chi connectivity index (χ0) is 12.4. The van der Waals surface area contributed by atoms with Crippen LogP contribution in [0, 0.1) is 0 Å². The molecule has 0 saturated carbocycles. The fourth-order valence-corrected chi connectivity index (χ4v) is 3.72. The standard InChI is InChI=1S/C12H11N3OS2/c16-12(14-3-1-8-6-13-7-15-8)11-5-10-9(18-11)2-4-17-10/h2,4-7H,1,3H2,(H,13,15)(H,14,16). The van der Waals surface area contributed by atoms with Crippen LogP contribution in [0.2, 0.25) is 0 Å². The van der Waals surface area contributed by atoms with Crippen LogP contribution in [0.15, 0.2) is 30.0 Å². The number of fused-ring (bicyclic) bond motifs is 1. The molecule has 0 aliphatic heterocycles. The molecule has 0 saturated heterocycles. The third-order valence-corrected chi connectivity index (χ3v) is 4.69. The van der Waals surface area contributed by atoms with Crippen LogP contribution in [-0.2, 0) is 6.42 Å². The minimum Gasteiger partial charge on any atom is -0.351 e. The first-order chi connectivity index (χ1) is 8.83. The summed E-state index contributed by atoms with van der Waals surface area (Å²) >= 11 is 3.20. The molecule has 0 radical (unpaired) electrons. The van der Waals surface area contributed by atoms with Gasteiger partial charge in [-0.1, -0.05) is 0 Å². The molecule has 0 unspecified atom stereocenters. The first-order valence-electron chi connectivity index (χ1n) is 5.55. The summed E-state index contributed by atoms with van der Waals surface area (Å²) in [6, 6.07) is 4.00. The van der Waals surface area contributed by atoms with E-state index in [0.717, 1.165) is 17.0 Å². The van der Waals surface area contributed by atoms with Crippen LogP contribution in [0.3, 0.4) is 0 Å². The van der Waals surface area contributed by atoms with Gasteiger partial charge in [0.25, 0.3) is 5.91 Å². The van der Waals surface area contributed by atoms with Gasteiger partial charge < -0.3 is 10.3 Å². The average Bonchev–Trinajstić information content (AvgIpc) is 3.04. The number of hydrogen-bond acceptors (Lipinski definition) is 4. The first kappa shape index (κ1) is 11.4. The van der Waals surface area contributed by atoms with E-state index in [9.17, 15) is 4.79 Å². The zero-order valence-corrected chi connectivity index (χ0v) is 11.1. The van der Waals surface area contributed by atoms with Gasteiger partial charge in [-0.05, 0) is 17.5 Å². The van der Waals surface area contributed by atoms with Crippen LogP contribution in [0.5, 0.6) is 0 Å². The summed E-state index contributed by atoms with van der Waals surface area (Å²) in [4.78, 5) is 19.6.